The van der Waals surface area contributed by atoms with Crippen LogP contribution in [0.2, 0.25) is 0 Å². The Hall–Kier alpha value is -1.63. The highest BCUT2D eigenvalue weighted by molar-refractivity contribution is 6.33. The van der Waals surface area contributed by atoms with Crippen molar-refractivity contribution in [2.75, 3.05) is 13.2 Å². The average molecular weight is 227 g/mol. The molecule has 0 aliphatic carbocycles. The summed E-state index contributed by atoms with van der Waals surface area (Å²) in [5, 5.41) is 13.5. The van der Waals surface area contributed by atoms with Crippen molar-refractivity contribution in [2.45, 2.75) is 24.8 Å². The number of carboxylic acids is 1. The minimum atomic E-state index is -1.33. The Balaban J connectivity index is 2.26. The van der Waals surface area contributed by atoms with E-state index < -0.39 is 17.3 Å². The number of carboxylic acid groups (broad SMARTS) is 1. The number of carbonyl (C=O) groups excluding carboxylic acids is 1. The molecule has 0 aromatic carbocycles. The van der Waals surface area contributed by atoms with Crippen LogP contribution in [0.4, 0.5) is 0 Å². The number of amides is 1. The summed E-state index contributed by atoms with van der Waals surface area (Å²) in [6.07, 6.45) is 1.68. The summed E-state index contributed by atoms with van der Waals surface area (Å²) in [5.41, 5.74) is 4.75. The van der Waals surface area contributed by atoms with Crippen molar-refractivity contribution >= 4 is 17.7 Å². The fourth-order valence-electron chi connectivity index (χ4n) is 2.09. The number of nitrogens with two attached hydrogens (primary N) is 1. The molecular weight excluding hydrogens is 214 g/mol. The molecule has 0 saturated carbocycles. The number of amidine groups is 1. The van der Waals surface area contributed by atoms with Crippen molar-refractivity contribution in [3.8, 4) is 0 Å². The van der Waals surface area contributed by atoms with Gasteiger partial charge in [-0.1, -0.05) is 0 Å². The summed E-state index contributed by atoms with van der Waals surface area (Å²) in [6, 6.07) is 0. The van der Waals surface area contributed by atoms with Gasteiger partial charge in [-0.15, -0.1) is 5.10 Å². The maximum Gasteiger partial charge on any atom is 0.373 e. The highest BCUT2D eigenvalue weighted by Gasteiger charge is 2.48. The SMILES string of the molecule is N/C(=N\N1C(=O)CCC12CCOC2)C(=O)O. The third-order valence-corrected chi connectivity index (χ3v) is 3.00. The van der Waals surface area contributed by atoms with Crippen LogP contribution in [-0.4, -0.2) is 46.6 Å². The summed E-state index contributed by atoms with van der Waals surface area (Å²) in [5.74, 6) is -2.09. The van der Waals surface area contributed by atoms with Crippen LogP contribution < -0.4 is 5.73 Å². The molecule has 1 spiro atoms. The topological polar surface area (TPSA) is 105 Å². The van der Waals surface area contributed by atoms with Gasteiger partial charge in [0.15, 0.2) is 0 Å². The molecular formula is C9H13N3O4. The summed E-state index contributed by atoms with van der Waals surface area (Å²) in [7, 11) is 0. The molecule has 1 atom stereocenters. The maximum absolute atomic E-state index is 11.6. The van der Waals surface area contributed by atoms with Crippen LogP contribution in [0.5, 0.6) is 0 Å². The van der Waals surface area contributed by atoms with E-state index in [0.29, 0.717) is 32.5 Å². The molecule has 3 N–H and O–H groups in total. The van der Waals surface area contributed by atoms with Crippen LogP contribution in [0.3, 0.4) is 0 Å². The second-order valence-electron chi connectivity index (χ2n) is 4.02. The third-order valence-electron chi connectivity index (χ3n) is 3.00. The van der Waals surface area contributed by atoms with E-state index in [1.807, 2.05) is 0 Å². The second kappa shape index (κ2) is 3.75. The van der Waals surface area contributed by atoms with E-state index in [0.717, 1.165) is 0 Å². The number of hydrogen-bond acceptors (Lipinski definition) is 4. The fourth-order valence-corrected chi connectivity index (χ4v) is 2.09. The Morgan fingerprint density at radius 2 is 2.31 bits per heavy atom. The van der Waals surface area contributed by atoms with Gasteiger partial charge in [-0.2, -0.15) is 0 Å². The van der Waals surface area contributed by atoms with Crippen LogP contribution in [0, 0.1) is 0 Å². The number of rotatable bonds is 1. The summed E-state index contributed by atoms with van der Waals surface area (Å²) in [4.78, 5) is 22.2. The van der Waals surface area contributed by atoms with E-state index in [4.69, 9.17) is 15.6 Å². The van der Waals surface area contributed by atoms with E-state index >= 15 is 0 Å². The highest BCUT2D eigenvalue weighted by Crippen LogP contribution is 2.37. The van der Waals surface area contributed by atoms with Gasteiger partial charge in [0.1, 0.15) is 0 Å². The second-order valence-corrected chi connectivity index (χ2v) is 4.02. The first-order valence-electron chi connectivity index (χ1n) is 5.03. The first-order valence-corrected chi connectivity index (χ1v) is 5.03. The summed E-state index contributed by atoms with van der Waals surface area (Å²) in [6.45, 7) is 0.960. The van der Waals surface area contributed by atoms with Gasteiger partial charge in [0.2, 0.25) is 11.7 Å². The van der Waals surface area contributed by atoms with E-state index in [2.05, 4.69) is 5.10 Å². The molecule has 1 unspecified atom stereocenters. The van der Waals surface area contributed by atoms with E-state index in [1.54, 1.807) is 0 Å². The molecule has 0 aromatic rings. The van der Waals surface area contributed by atoms with Gasteiger partial charge < -0.3 is 15.6 Å². The fraction of sp³-hybridized carbons (Fsp3) is 0.667. The lowest BCUT2D eigenvalue weighted by Gasteiger charge is -2.28. The first-order chi connectivity index (χ1) is 7.55. The minimum Gasteiger partial charge on any atom is -0.475 e. The van der Waals surface area contributed by atoms with Crippen molar-refractivity contribution in [3.05, 3.63) is 0 Å². The standard InChI is InChI=1S/C9H13N3O4/c10-7(8(14)15)11-12-6(13)1-2-9(12)3-4-16-5-9/h1-5H2,(H2,10,11)(H,14,15). The molecule has 0 radical (unpaired) electrons. The first kappa shape index (κ1) is 10.9. The molecule has 0 bridgehead atoms. The van der Waals surface area contributed by atoms with Gasteiger partial charge in [0, 0.05) is 13.0 Å². The zero-order chi connectivity index (χ0) is 11.8. The maximum atomic E-state index is 11.6. The molecule has 2 heterocycles. The molecule has 7 heteroatoms. The smallest absolute Gasteiger partial charge is 0.373 e. The van der Waals surface area contributed by atoms with Gasteiger partial charge in [0.25, 0.3) is 0 Å². The lowest BCUT2D eigenvalue weighted by atomic mass is 9.97. The molecule has 2 rings (SSSR count). The van der Waals surface area contributed by atoms with Crippen LogP contribution in [0.1, 0.15) is 19.3 Å². The molecule has 0 aromatic heterocycles. The number of aliphatic carboxylic acids is 1. The monoisotopic (exact) mass is 227 g/mol. The number of hydrogen-bond donors (Lipinski definition) is 2. The molecule has 7 nitrogen and oxygen atoms in total. The number of nitrogens with zero attached hydrogens (tertiary/aromatic N) is 2. The third kappa shape index (κ3) is 1.63. The highest BCUT2D eigenvalue weighted by atomic mass is 16.5. The van der Waals surface area contributed by atoms with Crippen molar-refractivity contribution in [2.24, 2.45) is 10.8 Å². The predicted octanol–water partition coefficient (Wildman–Crippen LogP) is -0.875. The van der Waals surface area contributed by atoms with E-state index in [-0.39, 0.29) is 5.91 Å². The molecule has 1 amide bonds. The summed E-state index contributed by atoms with van der Waals surface area (Å²) < 4.78 is 5.25. The van der Waals surface area contributed by atoms with Gasteiger partial charge in [-0.05, 0) is 12.8 Å². The molecule has 2 aliphatic heterocycles. The van der Waals surface area contributed by atoms with Gasteiger partial charge in [-0.3, -0.25) is 4.79 Å². The lowest BCUT2D eigenvalue weighted by molar-refractivity contribution is -0.131. The van der Waals surface area contributed by atoms with Crippen molar-refractivity contribution in [1.82, 2.24) is 5.01 Å². The molecule has 2 fully saturated rings. The van der Waals surface area contributed by atoms with E-state index in [1.165, 1.54) is 5.01 Å². The van der Waals surface area contributed by atoms with Crippen LogP contribution in [0.25, 0.3) is 0 Å². The van der Waals surface area contributed by atoms with Crippen LogP contribution in [-0.2, 0) is 14.3 Å². The van der Waals surface area contributed by atoms with Gasteiger partial charge in [-0.25, -0.2) is 9.80 Å². The quantitative estimate of drug-likeness (QED) is 0.447. The normalized spacial score (nSPS) is 30.4. The Labute approximate surface area is 91.8 Å². The zero-order valence-corrected chi connectivity index (χ0v) is 8.68. The Kier molecular flexibility index (Phi) is 2.55. The minimum absolute atomic E-state index is 0.199. The number of hydrazone groups is 1. The molecule has 2 saturated heterocycles. The van der Waals surface area contributed by atoms with Crippen molar-refractivity contribution < 1.29 is 19.4 Å². The van der Waals surface area contributed by atoms with Crippen molar-refractivity contribution in [1.29, 1.82) is 0 Å². The Bertz CT molecular complexity index is 360. The van der Waals surface area contributed by atoms with Gasteiger partial charge in [0.05, 0.1) is 12.1 Å². The number of ether oxygens (including phenoxy) is 1. The molecule has 2 aliphatic rings. The summed E-state index contributed by atoms with van der Waals surface area (Å²) >= 11 is 0. The predicted molar refractivity (Wildman–Crippen MR) is 53.5 cm³/mol. The molecule has 88 valence electrons. The molecule has 16 heavy (non-hydrogen) atoms. The van der Waals surface area contributed by atoms with Crippen molar-refractivity contribution in [3.63, 3.8) is 0 Å². The van der Waals surface area contributed by atoms with E-state index in [9.17, 15) is 9.59 Å². The Morgan fingerprint density at radius 1 is 1.56 bits per heavy atom. The van der Waals surface area contributed by atoms with Crippen LogP contribution >= 0.6 is 0 Å². The Morgan fingerprint density at radius 3 is 2.88 bits per heavy atom. The van der Waals surface area contributed by atoms with Gasteiger partial charge >= 0.3 is 5.97 Å². The number of carbonyl (C=O) groups is 2. The van der Waals surface area contributed by atoms with Crippen LogP contribution in [0.15, 0.2) is 5.10 Å². The average Bonchev–Trinajstić information content (AvgIpc) is 2.81. The largest absolute Gasteiger partial charge is 0.475 e. The zero-order valence-electron chi connectivity index (χ0n) is 8.68. The lowest BCUT2D eigenvalue weighted by Crippen LogP contribution is -2.44.